The average molecular weight is 492 g/mol. The van der Waals surface area contributed by atoms with Gasteiger partial charge in [0, 0.05) is 29.7 Å². The van der Waals surface area contributed by atoms with Crippen molar-refractivity contribution in [3.63, 3.8) is 0 Å². The number of benzene rings is 2. The standard InChI is InChI=1S/C27H33N5O4/c1-4-12-31(13-5-2)25-21-18-19(36-24-9-7-8-22(28)20(24)6-3)10-11-23(21)29-26(30-25)34-16-14-32-15-17-35-27(32)33/h6-11,18H,3-5,12-17,28H2,1-2H3. The van der Waals surface area contributed by atoms with E-state index in [4.69, 9.17) is 24.9 Å². The second-order valence-corrected chi connectivity index (χ2v) is 8.51. The first kappa shape index (κ1) is 25.1. The fourth-order valence-electron chi connectivity index (χ4n) is 4.17. The van der Waals surface area contributed by atoms with E-state index in [1.807, 2.05) is 36.4 Å². The number of rotatable bonds is 12. The molecule has 9 nitrogen and oxygen atoms in total. The van der Waals surface area contributed by atoms with Gasteiger partial charge in [-0.05, 0) is 43.2 Å². The Labute approximate surface area is 211 Å². The molecule has 2 heterocycles. The van der Waals surface area contributed by atoms with Crippen LogP contribution < -0.4 is 20.1 Å². The maximum atomic E-state index is 11.7. The predicted octanol–water partition coefficient (Wildman–Crippen LogP) is 5.10. The molecular weight excluding hydrogens is 458 g/mol. The smallest absolute Gasteiger partial charge is 0.410 e. The topological polar surface area (TPSA) is 103 Å². The average Bonchev–Trinajstić information content (AvgIpc) is 3.28. The zero-order valence-corrected chi connectivity index (χ0v) is 20.9. The van der Waals surface area contributed by atoms with Crippen LogP contribution in [0.2, 0.25) is 0 Å². The van der Waals surface area contributed by atoms with E-state index in [1.54, 1.807) is 11.0 Å². The minimum absolute atomic E-state index is 0.278. The highest BCUT2D eigenvalue weighted by atomic mass is 16.6. The number of cyclic esters (lactones) is 1. The van der Waals surface area contributed by atoms with Gasteiger partial charge in [-0.2, -0.15) is 9.97 Å². The van der Waals surface area contributed by atoms with E-state index in [1.165, 1.54) is 0 Å². The summed E-state index contributed by atoms with van der Waals surface area (Å²) in [7, 11) is 0. The normalized spacial score (nSPS) is 13.1. The summed E-state index contributed by atoms with van der Waals surface area (Å²) in [5.74, 6) is 2.07. The van der Waals surface area contributed by atoms with Gasteiger partial charge >= 0.3 is 12.1 Å². The SMILES string of the molecule is C=Cc1c(N)cccc1Oc1ccc2nc(OCCN3CCOC3=O)nc(N(CCC)CCC)c2c1. The van der Waals surface area contributed by atoms with Crippen LogP contribution in [0.5, 0.6) is 17.5 Å². The van der Waals surface area contributed by atoms with Gasteiger partial charge in [-0.1, -0.05) is 32.6 Å². The quantitative estimate of drug-likeness (QED) is 0.349. The molecular formula is C27H33N5O4. The van der Waals surface area contributed by atoms with Crippen molar-refractivity contribution in [1.82, 2.24) is 14.9 Å². The van der Waals surface area contributed by atoms with Crippen LogP contribution in [-0.4, -0.2) is 60.4 Å². The molecule has 0 saturated carbocycles. The molecule has 0 bridgehead atoms. The number of carbonyl (C=O) groups excluding carboxylic acids is 1. The van der Waals surface area contributed by atoms with Gasteiger partial charge in [-0.25, -0.2) is 4.79 Å². The molecule has 190 valence electrons. The number of nitrogen functional groups attached to an aromatic ring is 1. The van der Waals surface area contributed by atoms with Crippen LogP contribution in [-0.2, 0) is 4.74 Å². The van der Waals surface area contributed by atoms with Crippen LogP contribution in [0, 0.1) is 0 Å². The third kappa shape index (κ3) is 5.62. The number of carbonyl (C=O) groups is 1. The Morgan fingerprint density at radius 3 is 2.69 bits per heavy atom. The molecule has 1 aliphatic heterocycles. The van der Waals surface area contributed by atoms with Crippen molar-refractivity contribution in [2.75, 3.05) is 50.0 Å². The minimum Gasteiger partial charge on any atom is -0.462 e. The number of amides is 1. The van der Waals surface area contributed by atoms with Crippen molar-refractivity contribution in [1.29, 1.82) is 0 Å². The lowest BCUT2D eigenvalue weighted by molar-refractivity contribution is 0.152. The van der Waals surface area contributed by atoms with Gasteiger partial charge < -0.3 is 29.7 Å². The summed E-state index contributed by atoms with van der Waals surface area (Å²) in [6, 6.07) is 11.5. The molecule has 1 fully saturated rings. The number of anilines is 2. The number of nitrogens with two attached hydrogens (primary N) is 1. The van der Waals surface area contributed by atoms with E-state index >= 15 is 0 Å². The van der Waals surface area contributed by atoms with Gasteiger partial charge in [-0.3, -0.25) is 0 Å². The number of ether oxygens (including phenoxy) is 3. The molecule has 0 aliphatic carbocycles. The number of nitrogens with zero attached hydrogens (tertiary/aromatic N) is 4. The van der Waals surface area contributed by atoms with Gasteiger partial charge in [0.05, 0.1) is 18.6 Å². The Bertz CT molecular complexity index is 1230. The third-order valence-corrected chi connectivity index (χ3v) is 5.88. The molecule has 36 heavy (non-hydrogen) atoms. The molecule has 0 spiro atoms. The monoisotopic (exact) mass is 491 g/mol. The number of hydrogen-bond donors (Lipinski definition) is 1. The Morgan fingerprint density at radius 2 is 2.00 bits per heavy atom. The van der Waals surface area contributed by atoms with E-state index < -0.39 is 0 Å². The lowest BCUT2D eigenvalue weighted by Crippen LogP contribution is -2.29. The Balaban J connectivity index is 1.66. The fraction of sp³-hybridized carbons (Fsp3) is 0.370. The van der Waals surface area contributed by atoms with E-state index in [2.05, 4.69) is 30.3 Å². The molecule has 0 atom stereocenters. The van der Waals surface area contributed by atoms with E-state index in [9.17, 15) is 4.79 Å². The second kappa shape index (κ2) is 11.6. The van der Waals surface area contributed by atoms with Crippen molar-refractivity contribution < 1.29 is 19.0 Å². The maximum absolute atomic E-state index is 11.7. The fourth-order valence-corrected chi connectivity index (χ4v) is 4.17. The minimum atomic E-state index is -0.317. The van der Waals surface area contributed by atoms with Crippen molar-refractivity contribution in [3.05, 3.63) is 48.5 Å². The lowest BCUT2D eigenvalue weighted by Gasteiger charge is -2.24. The molecule has 0 unspecified atom stereocenters. The van der Waals surface area contributed by atoms with Crippen LogP contribution in [0.4, 0.5) is 16.3 Å². The Morgan fingerprint density at radius 1 is 1.19 bits per heavy atom. The first-order chi connectivity index (χ1) is 17.5. The maximum Gasteiger partial charge on any atom is 0.410 e. The highest BCUT2D eigenvalue weighted by molar-refractivity contribution is 5.91. The molecule has 9 heteroatoms. The molecule has 1 aromatic heterocycles. The van der Waals surface area contributed by atoms with E-state index in [-0.39, 0.29) is 18.7 Å². The molecule has 3 aromatic rings. The lowest BCUT2D eigenvalue weighted by atomic mass is 10.1. The molecule has 2 aromatic carbocycles. The number of hydrogen-bond acceptors (Lipinski definition) is 8. The van der Waals surface area contributed by atoms with Crippen molar-refractivity contribution in [2.24, 2.45) is 0 Å². The number of fused-ring (bicyclic) bond motifs is 1. The summed E-state index contributed by atoms with van der Waals surface area (Å²) >= 11 is 0. The van der Waals surface area contributed by atoms with Crippen molar-refractivity contribution in [2.45, 2.75) is 26.7 Å². The largest absolute Gasteiger partial charge is 0.462 e. The summed E-state index contributed by atoms with van der Waals surface area (Å²) in [4.78, 5) is 25.0. The molecule has 0 radical (unpaired) electrons. The van der Waals surface area contributed by atoms with E-state index in [0.29, 0.717) is 36.9 Å². The number of aromatic nitrogens is 2. The molecule has 1 saturated heterocycles. The summed E-state index contributed by atoms with van der Waals surface area (Å²) in [5.41, 5.74) is 8.19. The first-order valence-electron chi connectivity index (χ1n) is 12.3. The Kier molecular flexibility index (Phi) is 8.10. The molecule has 2 N–H and O–H groups in total. The predicted molar refractivity (Wildman–Crippen MR) is 142 cm³/mol. The summed E-state index contributed by atoms with van der Waals surface area (Å²) in [5, 5.41) is 0.869. The second-order valence-electron chi connectivity index (χ2n) is 8.51. The highest BCUT2D eigenvalue weighted by Gasteiger charge is 2.22. The highest BCUT2D eigenvalue weighted by Crippen LogP contribution is 2.34. The summed E-state index contributed by atoms with van der Waals surface area (Å²) in [6.45, 7) is 11.5. The van der Waals surface area contributed by atoms with Crippen molar-refractivity contribution in [3.8, 4) is 17.5 Å². The van der Waals surface area contributed by atoms with Gasteiger partial charge in [-0.15, -0.1) is 0 Å². The van der Waals surface area contributed by atoms with Crippen LogP contribution in [0.1, 0.15) is 32.3 Å². The molecule has 1 aliphatic rings. The Hall–Kier alpha value is -4.01. The van der Waals surface area contributed by atoms with Gasteiger partial charge in [0.2, 0.25) is 0 Å². The zero-order chi connectivity index (χ0) is 25.5. The molecule has 4 rings (SSSR count). The van der Waals surface area contributed by atoms with Crippen LogP contribution in [0.3, 0.4) is 0 Å². The summed E-state index contributed by atoms with van der Waals surface area (Å²) in [6.07, 6.45) is 3.32. The van der Waals surface area contributed by atoms with Crippen LogP contribution >= 0.6 is 0 Å². The summed E-state index contributed by atoms with van der Waals surface area (Å²) < 4.78 is 17.1. The molecule has 1 amide bonds. The van der Waals surface area contributed by atoms with Gasteiger partial charge in [0.25, 0.3) is 0 Å². The zero-order valence-electron chi connectivity index (χ0n) is 20.9. The van der Waals surface area contributed by atoms with E-state index in [0.717, 1.165) is 48.2 Å². The first-order valence-corrected chi connectivity index (χ1v) is 12.3. The third-order valence-electron chi connectivity index (χ3n) is 5.88. The van der Waals surface area contributed by atoms with Gasteiger partial charge in [0.15, 0.2) is 0 Å². The van der Waals surface area contributed by atoms with Crippen LogP contribution in [0.15, 0.2) is 43.0 Å². The van der Waals surface area contributed by atoms with Crippen molar-refractivity contribution >= 4 is 34.6 Å². The van der Waals surface area contributed by atoms with Gasteiger partial charge in [0.1, 0.15) is 30.5 Å². The van der Waals surface area contributed by atoms with Crippen LogP contribution in [0.25, 0.3) is 17.0 Å².